The van der Waals surface area contributed by atoms with E-state index in [0.717, 1.165) is 16.2 Å². The zero-order valence-corrected chi connectivity index (χ0v) is 9.54. The Morgan fingerprint density at radius 2 is 1.78 bits per heavy atom. The minimum Gasteiger partial charge on any atom is -0.313 e. The molecule has 1 saturated heterocycles. The molecule has 2 aromatic carbocycles. The summed E-state index contributed by atoms with van der Waals surface area (Å²) in [5, 5.41) is 2.80. The molecule has 1 fully saturated rings. The molecule has 0 bridgehead atoms. The van der Waals surface area contributed by atoms with Crippen molar-refractivity contribution in [2.24, 2.45) is 0 Å². The maximum atomic E-state index is 11.8. The van der Waals surface area contributed by atoms with Crippen LogP contribution in [0.1, 0.15) is 10.4 Å². The van der Waals surface area contributed by atoms with E-state index in [4.69, 9.17) is 14.5 Å². The number of hydrogen-bond donors (Lipinski definition) is 0. The summed E-state index contributed by atoms with van der Waals surface area (Å²) >= 11 is 0. The highest BCUT2D eigenvalue weighted by atomic mass is 17.2. The Kier molecular flexibility index (Phi) is 2.93. The molecule has 0 N–H and O–H groups in total. The average Bonchev–Trinajstić information content (AvgIpc) is 2.91. The molecule has 1 aliphatic rings. The molecule has 0 radical (unpaired) electrons. The van der Waals surface area contributed by atoms with Crippen LogP contribution < -0.4 is 0 Å². The van der Waals surface area contributed by atoms with Gasteiger partial charge in [-0.25, -0.2) is 14.5 Å². The van der Waals surface area contributed by atoms with Crippen molar-refractivity contribution in [3.63, 3.8) is 0 Å². The van der Waals surface area contributed by atoms with Crippen molar-refractivity contribution >= 4 is 16.7 Å². The van der Waals surface area contributed by atoms with Crippen LogP contribution >= 0.6 is 0 Å². The molecular weight excluding hydrogens is 234 g/mol. The summed E-state index contributed by atoms with van der Waals surface area (Å²) in [6.45, 7) is 0.760. The quantitative estimate of drug-likeness (QED) is 0.810. The van der Waals surface area contributed by atoms with Gasteiger partial charge in [-0.3, -0.25) is 0 Å². The Morgan fingerprint density at radius 1 is 1.06 bits per heavy atom. The van der Waals surface area contributed by atoms with Gasteiger partial charge in [-0.05, 0) is 22.9 Å². The van der Waals surface area contributed by atoms with Crippen LogP contribution in [0.5, 0.6) is 0 Å². The van der Waals surface area contributed by atoms with Gasteiger partial charge in [0.05, 0.1) is 5.56 Å². The van der Waals surface area contributed by atoms with Gasteiger partial charge in [-0.1, -0.05) is 30.3 Å². The molecule has 0 unspecified atom stereocenters. The molecule has 2 aromatic rings. The van der Waals surface area contributed by atoms with Crippen LogP contribution in [0.2, 0.25) is 0 Å². The van der Waals surface area contributed by atoms with E-state index in [1.54, 1.807) is 12.1 Å². The second kappa shape index (κ2) is 4.73. The van der Waals surface area contributed by atoms with Gasteiger partial charge in [0, 0.05) is 0 Å². The van der Waals surface area contributed by atoms with Gasteiger partial charge in [-0.15, -0.1) is 0 Å². The molecule has 5 heteroatoms. The van der Waals surface area contributed by atoms with Crippen molar-refractivity contribution in [2.45, 2.75) is 0 Å². The molecule has 18 heavy (non-hydrogen) atoms. The van der Waals surface area contributed by atoms with Crippen LogP contribution in [0.4, 0.5) is 0 Å². The molecule has 1 heterocycles. The number of benzene rings is 2. The molecule has 5 nitrogen and oxygen atoms in total. The molecule has 0 amide bonds. The molecule has 0 aromatic heterocycles. The highest BCUT2D eigenvalue weighted by molar-refractivity contribution is 5.95. The van der Waals surface area contributed by atoms with E-state index in [-0.39, 0.29) is 0 Å². The lowest BCUT2D eigenvalue weighted by Gasteiger charge is -2.10. The molecule has 0 saturated carbocycles. The van der Waals surface area contributed by atoms with Gasteiger partial charge in [0.1, 0.15) is 18.6 Å². The van der Waals surface area contributed by atoms with E-state index >= 15 is 0 Å². The lowest BCUT2D eigenvalue weighted by atomic mass is 10.1. The fourth-order valence-corrected chi connectivity index (χ4v) is 1.75. The number of carbonyl (C=O) groups is 1. The molecule has 0 spiro atoms. The Balaban J connectivity index is 1.82. The van der Waals surface area contributed by atoms with Crippen molar-refractivity contribution in [1.29, 1.82) is 0 Å². The molecule has 1 aliphatic heterocycles. The lowest BCUT2D eigenvalue weighted by molar-refractivity contribution is -0.455. The minimum atomic E-state index is -0.511. The lowest BCUT2D eigenvalue weighted by Crippen LogP contribution is -2.21. The number of hydrogen-bond acceptors (Lipinski definition) is 5. The first kappa shape index (κ1) is 11.2. The van der Waals surface area contributed by atoms with Crippen molar-refractivity contribution in [2.75, 3.05) is 13.2 Å². The minimum absolute atomic E-state index is 0.380. The smallest absolute Gasteiger partial charge is 0.313 e. The van der Waals surface area contributed by atoms with Crippen molar-refractivity contribution in [3.05, 3.63) is 48.0 Å². The second-order valence-electron chi connectivity index (χ2n) is 3.83. The summed E-state index contributed by atoms with van der Waals surface area (Å²) in [4.78, 5) is 26.5. The van der Waals surface area contributed by atoms with Gasteiger partial charge in [0.2, 0.25) is 0 Å². The third-order valence-electron chi connectivity index (χ3n) is 2.62. The first-order valence-electron chi connectivity index (χ1n) is 5.60. The highest BCUT2D eigenvalue weighted by Gasteiger charge is 2.20. The summed E-state index contributed by atoms with van der Waals surface area (Å²) in [5.74, 6) is -0.511. The van der Waals surface area contributed by atoms with E-state index in [9.17, 15) is 4.79 Å². The van der Waals surface area contributed by atoms with E-state index in [1.807, 2.05) is 30.3 Å². The van der Waals surface area contributed by atoms with Crippen molar-refractivity contribution < 1.29 is 19.3 Å². The third kappa shape index (κ3) is 2.19. The Bertz CT molecular complexity index is 578. The Hall–Kier alpha value is -1.95. The first-order chi connectivity index (χ1) is 8.83. The summed E-state index contributed by atoms with van der Waals surface area (Å²) < 4.78 is 0. The van der Waals surface area contributed by atoms with Gasteiger partial charge < -0.3 is 4.84 Å². The fraction of sp³-hybridized carbons (Fsp3) is 0.154. The summed E-state index contributed by atoms with van der Waals surface area (Å²) in [5.41, 5.74) is 0.452. The monoisotopic (exact) mass is 245 g/mol. The van der Waals surface area contributed by atoms with E-state index in [1.165, 1.54) is 0 Å². The first-order valence-corrected chi connectivity index (χ1v) is 5.60. The zero-order chi connectivity index (χ0) is 12.4. The van der Waals surface area contributed by atoms with Crippen LogP contribution in [-0.2, 0) is 14.5 Å². The number of fused-ring (bicyclic) bond motifs is 1. The fourth-order valence-electron chi connectivity index (χ4n) is 1.75. The SMILES string of the molecule is O=C(ON1OCCO1)c1ccc2ccccc2c1. The summed E-state index contributed by atoms with van der Waals surface area (Å²) in [6.07, 6.45) is 0. The maximum absolute atomic E-state index is 11.8. The predicted molar refractivity (Wildman–Crippen MR) is 63.1 cm³/mol. The summed E-state index contributed by atoms with van der Waals surface area (Å²) in [7, 11) is 0. The van der Waals surface area contributed by atoms with Gasteiger partial charge in [0.15, 0.2) is 0 Å². The van der Waals surface area contributed by atoms with Crippen LogP contribution in [0.3, 0.4) is 0 Å². The zero-order valence-electron chi connectivity index (χ0n) is 9.54. The second-order valence-corrected chi connectivity index (χ2v) is 3.83. The number of rotatable bonds is 2. The number of nitrogens with zero attached hydrogens (tertiary/aromatic N) is 1. The van der Waals surface area contributed by atoms with Gasteiger partial charge >= 0.3 is 5.97 Å². The van der Waals surface area contributed by atoms with E-state index < -0.39 is 5.97 Å². The van der Waals surface area contributed by atoms with E-state index in [0.29, 0.717) is 18.8 Å². The predicted octanol–water partition coefficient (Wildman–Crippen LogP) is 2.09. The van der Waals surface area contributed by atoms with Crippen LogP contribution in [0.15, 0.2) is 42.5 Å². The van der Waals surface area contributed by atoms with Gasteiger partial charge in [-0.2, -0.15) is 0 Å². The largest absolute Gasteiger partial charge is 0.362 e. The maximum Gasteiger partial charge on any atom is 0.362 e. The molecule has 3 rings (SSSR count). The molecular formula is C13H11NO4. The normalized spacial score (nSPS) is 16.0. The molecule has 92 valence electrons. The molecule has 0 atom stereocenters. The standard InChI is InChI=1S/C13H11NO4/c15-13(18-14-16-7-8-17-14)12-6-5-10-3-1-2-4-11(10)9-12/h1-6,9H,7-8H2. The summed E-state index contributed by atoms with van der Waals surface area (Å²) in [6, 6.07) is 13.1. The topological polar surface area (TPSA) is 48.0 Å². The van der Waals surface area contributed by atoms with Crippen molar-refractivity contribution in [3.8, 4) is 0 Å². The Morgan fingerprint density at radius 3 is 2.56 bits per heavy atom. The molecule has 0 aliphatic carbocycles. The third-order valence-corrected chi connectivity index (χ3v) is 2.62. The number of carbonyl (C=O) groups excluding carboxylic acids is 1. The van der Waals surface area contributed by atoms with Crippen molar-refractivity contribution in [1.82, 2.24) is 5.39 Å². The Labute approximate surface area is 103 Å². The van der Waals surface area contributed by atoms with E-state index in [2.05, 4.69) is 0 Å². The average molecular weight is 245 g/mol. The van der Waals surface area contributed by atoms with Gasteiger partial charge in [0.25, 0.3) is 0 Å². The highest BCUT2D eigenvalue weighted by Crippen LogP contribution is 2.17. The van der Waals surface area contributed by atoms with Crippen LogP contribution in [0.25, 0.3) is 10.8 Å². The van der Waals surface area contributed by atoms with Crippen LogP contribution in [0, 0.1) is 0 Å². The van der Waals surface area contributed by atoms with Crippen LogP contribution in [-0.4, -0.2) is 24.6 Å².